The van der Waals surface area contributed by atoms with Crippen LogP contribution in [0.25, 0.3) is 10.9 Å². The number of aromatic amines is 1. The molecule has 2 aromatic rings. The normalized spacial score (nSPS) is 21.9. The Morgan fingerprint density at radius 3 is 3.05 bits per heavy atom. The number of aryl methyl sites for hydroxylation is 1. The van der Waals surface area contributed by atoms with Gasteiger partial charge in [-0.3, -0.25) is 0 Å². The van der Waals surface area contributed by atoms with Crippen molar-refractivity contribution in [2.75, 3.05) is 13.1 Å². The summed E-state index contributed by atoms with van der Waals surface area (Å²) in [7, 11) is 0. The number of hydrogen-bond donors (Lipinski definition) is 1. The Labute approximate surface area is 126 Å². The molecule has 4 rings (SSSR count). The van der Waals surface area contributed by atoms with Gasteiger partial charge in [0.1, 0.15) is 13.1 Å². The van der Waals surface area contributed by atoms with Crippen molar-refractivity contribution in [1.29, 1.82) is 0 Å². The zero-order chi connectivity index (χ0) is 14.2. The van der Waals surface area contributed by atoms with E-state index in [2.05, 4.69) is 53.0 Å². The van der Waals surface area contributed by atoms with Crippen LogP contribution < -0.4 is 0 Å². The van der Waals surface area contributed by atoms with Gasteiger partial charge in [-0.15, -0.1) is 0 Å². The SMILES string of the molecule is CCC1=CC2CCc3[nH]c4ccccc4c3CC[N+](=C1)C2. The molecule has 1 aromatic carbocycles. The third-order valence-electron chi connectivity index (χ3n) is 4.99. The molecule has 1 N–H and O–H groups in total. The molecule has 2 bridgehead atoms. The van der Waals surface area contributed by atoms with Gasteiger partial charge in [0, 0.05) is 34.5 Å². The second-order valence-electron chi connectivity index (χ2n) is 6.40. The lowest BCUT2D eigenvalue weighted by Crippen LogP contribution is -2.27. The molecule has 0 radical (unpaired) electrons. The number of nitrogens with zero attached hydrogens (tertiary/aromatic N) is 1. The summed E-state index contributed by atoms with van der Waals surface area (Å²) in [5.74, 6) is 0.710. The van der Waals surface area contributed by atoms with Gasteiger partial charge in [-0.25, -0.2) is 4.58 Å². The zero-order valence-electron chi connectivity index (χ0n) is 12.7. The van der Waals surface area contributed by atoms with Crippen LogP contribution in [0, 0.1) is 5.92 Å². The second-order valence-corrected chi connectivity index (χ2v) is 6.40. The maximum atomic E-state index is 3.67. The summed E-state index contributed by atoms with van der Waals surface area (Å²) in [4.78, 5) is 3.67. The van der Waals surface area contributed by atoms with E-state index >= 15 is 0 Å². The average Bonchev–Trinajstić information content (AvgIpc) is 2.89. The number of fused-ring (bicyclic) bond motifs is 5. The highest BCUT2D eigenvalue weighted by Gasteiger charge is 2.24. The van der Waals surface area contributed by atoms with Gasteiger partial charge in [0.05, 0.1) is 0 Å². The van der Waals surface area contributed by atoms with Crippen molar-refractivity contribution in [3.05, 3.63) is 47.2 Å². The minimum atomic E-state index is 0.710. The van der Waals surface area contributed by atoms with Crippen molar-refractivity contribution in [3.63, 3.8) is 0 Å². The molecule has 0 saturated heterocycles. The first-order valence-electron chi connectivity index (χ1n) is 8.21. The fourth-order valence-corrected chi connectivity index (χ4v) is 3.87. The smallest absolute Gasteiger partial charge is 0.166 e. The van der Waals surface area contributed by atoms with Crippen LogP contribution in [0.3, 0.4) is 0 Å². The molecule has 0 aliphatic carbocycles. The molecule has 1 atom stereocenters. The number of nitrogens with one attached hydrogen (secondary N) is 1. The van der Waals surface area contributed by atoms with Crippen LogP contribution in [0.1, 0.15) is 31.0 Å². The Morgan fingerprint density at radius 2 is 2.14 bits per heavy atom. The van der Waals surface area contributed by atoms with E-state index in [4.69, 9.17) is 0 Å². The number of allylic oxidation sites excluding steroid dienone is 1. The van der Waals surface area contributed by atoms with Crippen LogP contribution in [-0.2, 0) is 12.8 Å². The standard InChI is InChI=1S/C19H23N2/c1-2-14-11-15-7-8-19-17(9-10-21(12-14)13-15)16-5-3-4-6-18(16)20-19/h3-6,11-12,15,20H,2,7-10,13H2,1H3/q+1. The summed E-state index contributed by atoms with van der Waals surface area (Å²) in [6.07, 6.45) is 9.63. The van der Waals surface area contributed by atoms with E-state index in [1.807, 2.05) is 0 Å². The van der Waals surface area contributed by atoms with E-state index in [1.165, 1.54) is 41.6 Å². The third kappa shape index (κ3) is 2.33. The zero-order valence-corrected chi connectivity index (χ0v) is 12.7. The van der Waals surface area contributed by atoms with Crippen LogP contribution in [0.2, 0.25) is 0 Å². The largest absolute Gasteiger partial charge is 0.358 e. The van der Waals surface area contributed by atoms with Crippen molar-refractivity contribution in [3.8, 4) is 0 Å². The molecule has 108 valence electrons. The molecule has 0 spiro atoms. The minimum Gasteiger partial charge on any atom is -0.358 e. The Bertz CT molecular complexity index is 733. The van der Waals surface area contributed by atoms with Crippen LogP contribution >= 0.6 is 0 Å². The number of H-pyrrole nitrogens is 1. The topological polar surface area (TPSA) is 18.8 Å². The van der Waals surface area contributed by atoms with Crippen LogP contribution in [-0.4, -0.2) is 28.9 Å². The predicted octanol–water partition coefficient (Wildman–Crippen LogP) is 3.71. The highest BCUT2D eigenvalue weighted by molar-refractivity contribution is 5.84. The summed E-state index contributed by atoms with van der Waals surface area (Å²) >= 11 is 0. The maximum Gasteiger partial charge on any atom is 0.166 e. The molecule has 21 heavy (non-hydrogen) atoms. The van der Waals surface area contributed by atoms with E-state index < -0.39 is 0 Å². The molecule has 2 aliphatic heterocycles. The summed E-state index contributed by atoms with van der Waals surface area (Å²) in [6.45, 7) is 4.60. The van der Waals surface area contributed by atoms with Crippen molar-refractivity contribution in [2.45, 2.75) is 32.6 Å². The Balaban J connectivity index is 1.74. The van der Waals surface area contributed by atoms with E-state index in [0.29, 0.717) is 5.92 Å². The summed E-state index contributed by atoms with van der Waals surface area (Å²) in [5.41, 5.74) is 5.83. The van der Waals surface area contributed by atoms with Gasteiger partial charge in [-0.2, -0.15) is 0 Å². The molecule has 0 fully saturated rings. The van der Waals surface area contributed by atoms with E-state index in [-0.39, 0.29) is 0 Å². The highest BCUT2D eigenvalue weighted by Crippen LogP contribution is 2.27. The Kier molecular flexibility index (Phi) is 3.17. The first-order chi connectivity index (χ1) is 10.3. The average molecular weight is 279 g/mol. The Morgan fingerprint density at radius 1 is 1.24 bits per heavy atom. The number of rotatable bonds is 1. The van der Waals surface area contributed by atoms with Crippen molar-refractivity contribution < 1.29 is 4.58 Å². The summed E-state index contributed by atoms with van der Waals surface area (Å²) < 4.78 is 2.54. The van der Waals surface area contributed by atoms with E-state index in [9.17, 15) is 0 Å². The van der Waals surface area contributed by atoms with Gasteiger partial charge in [-0.05, 0) is 30.9 Å². The van der Waals surface area contributed by atoms with E-state index in [0.717, 1.165) is 19.4 Å². The molecule has 0 saturated carbocycles. The van der Waals surface area contributed by atoms with Gasteiger partial charge in [0.15, 0.2) is 6.21 Å². The van der Waals surface area contributed by atoms with Crippen molar-refractivity contribution >= 4 is 17.1 Å². The van der Waals surface area contributed by atoms with Gasteiger partial charge >= 0.3 is 0 Å². The fraction of sp³-hybridized carbons (Fsp3) is 0.421. The first-order valence-corrected chi connectivity index (χ1v) is 8.21. The second kappa shape index (κ2) is 5.18. The number of hydrogen-bond acceptors (Lipinski definition) is 0. The van der Waals surface area contributed by atoms with Crippen molar-refractivity contribution in [1.82, 2.24) is 4.98 Å². The molecule has 0 amide bonds. The summed E-state index contributed by atoms with van der Waals surface area (Å²) in [5, 5.41) is 1.42. The lowest BCUT2D eigenvalue weighted by molar-refractivity contribution is -0.529. The third-order valence-corrected chi connectivity index (χ3v) is 4.99. The monoisotopic (exact) mass is 279 g/mol. The van der Waals surface area contributed by atoms with Crippen LogP contribution in [0.4, 0.5) is 0 Å². The molecular weight excluding hydrogens is 256 g/mol. The number of benzene rings is 1. The van der Waals surface area contributed by atoms with Gasteiger partial charge in [0.2, 0.25) is 0 Å². The van der Waals surface area contributed by atoms with E-state index in [1.54, 1.807) is 5.56 Å². The fourth-order valence-electron chi connectivity index (χ4n) is 3.87. The van der Waals surface area contributed by atoms with Gasteiger partial charge < -0.3 is 4.98 Å². The number of para-hydroxylation sites is 1. The van der Waals surface area contributed by atoms with Crippen molar-refractivity contribution in [2.24, 2.45) is 5.92 Å². The summed E-state index contributed by atoms with van der Waals surface area (Å²) in [6, 6.07) is 8.76. The molecule has 1 aromatic heterocycles. The van der Waals surface area contributed by atoms with Crippen LogP contribution in [0.15, 0.2) is 35.9 Å². The molecule has 2 nitrogen and oxygen atoms in total. The first kappa shape index (κ1) is 12.9. The molecule has 2 heteroatoms. The minimum absolute atomic E-state index is 0.710. The molecule has 1 unspecified atom stereocenters. The Hall–Kier alpha value is -1.83. The molecule has 2 aliphatic rings. The quantitative estimate of drug-likeness (QED) is 0.768. The lowest BCUT2D eigenvalue weighted by Gasteiger charge is -2.16. The number of aromatic nitrogens is 1. The predicted molar refractivity (Wildman–Crippen MR) is 88.2 cm³/mol. The lowest BCUT2D eigenvalue weighted by atomic mass is 9.95. The van der Waals surface area contributed by atoms with Crippen LogP contribution in [0.5, 0.6) is 0 Å². The van der Waals surface area contributed by atoms with Gasteiger partial charge in [-0.1, -0.05) is 31.2 Å². The highest BCUT2D eigenvalue weighted by atomic mass is 15.0. The van der Waals surface area contributed by atoms with Gasteiger partial charge in [0.25, 0.3) is 0 Å². The molecule has 3 heterocycles. The maximum absolute atomic E-state index is 3.67. The molecular formula is C19H23N2+.